The molecule has 1 aromatic rings. The minimum absolute atomic E-state index is 0.325. The van der Waals surface area contributed by atoms with Crippen LogP contribution in [0.25, 0.3) is 0 Å². The van der Waals surface area contributed by atoms with Gasteiger partial charge in [-0.05, 0) is 54.8 Å². The van der Waals surface area contributed by atoms with Gasteiger partial charge in [0, 0.05) is 0 Å². The lowest BCUT2D eigenvalue weighted by Gasteiger charge is -2.28. The van der Waals surface area contributed by atoms with Crippen LogP contribution in [-0.2, 0) is 6.42 Å². The first kappa shape index (κ1) is 12.4. The minimum Gasteiger partial charge on any atom is -0.497 e. The molecule has 2 rings (SSSR count). The van der Waals surface area contributed by atoms with Gasteiger partial charge in [0.1, 0.15) is 5.75 Å². The van der Waals surface area contributed by atoms with E-state index in [1.807, 2.05) is 6.07 Å². The van der Waals surface area contributed by atoms with Gasteiger partial charge in [0.15, 0.2) is 0 Å². The van der Waals surface area contributed by atoms with Crippen molar-refractivity contribution in [3.05, 3.63) is 29.8 Å². The van der Waals surface area contributed by atoms with Crippen LogP contribution in [-0.4, -0.2) is 13.7 Å². The third-order valence-electron chi connectivity index (χ3n) is 4.10. The van der Waals surface area contributed by atoms with E-state index in [9.17, 15) is 0 Å². The Labute approximate surface area is 104 Å². The molecule has 1 aromatic carbocycles. The number of methoxy groups -OCH3 is 1. The Bertz CT molecular complexity index is 377. The van der Waals surface area contributed by atoms with Crippen molar-refractivity contribution < 1.29 is 4.74 Å². The lowest BCUT2D eigenvalue weighted by atomic mass is 9.79. The van der Waals surface area contributed by atoms with Gasteiger partial charge in [0.05, 0.1) is 7.11 Å². The zero-order valence-electron chi connectivity index (χ0n) is 10.9. The largest absolute Gasteiger partial charge is 0.497 e. The van der Waals surface area contributed by atoms with Crippen molar-refractivity contribution in [2.75, 3.05) is 13.7 Å². The van der Waals surface area contributed by atoms with Crippen LogP contribution in [0.5, 0.6) is 5.75 Å². The maximum atomic E-state index is 6.02. The zero-order valence-corrected chi connectivity index (χ0v) is 10.9. The number of hydrogen-bond donors (Lipinski definition) is 1. The van der Waals surface area contributed by atoms with Gasteiger partial charge >= 0.3 is 0 Å². The quantitative estimate of drug-likeness (QED) is 0.867. The average Bonchev–Trinajstić information content (AvgIpc) is 2.72. The van der Waals surface area contributed by atoms with E-state index in [0.717, 1.165) is 24.6 Å². The van der Waals surface area contributed by atoms with Crippen LogP contribution in [0.2, 0.25) is 0 Å². The standard InChI is InChI=1S/C15H23NO/c1-12-6-7-15(9-12,11-16)10-13-4-3-5-14(8-13)17-2/h3-5,8,12H,6-7,9-11,16H2,1-2H3. The molecule has 17 heavy (non-hydrogen) atoms. The van der Waals surface area contributed by atoms with Gasteiger partial charge in [-0.15, -0.1) is 0 Å². The van der Waals surface area contributed by atoms with Crippen molar-refractivity contribution in [3.8, 4) is 5.75 Å². The number of benzene rings is 1. The van der Waals surface area contributed by atoms with Crippen molar-refractivity contribution in [2.24, 2.45) is 17.1 Å². The smallest absolute Gasteiger partial charge is 0.119 e. The van der Waals surface area contributed by atoms with Crippen molar-refractivity contribution in [1.82, 2.24) is 0 Å². The summed E-state index contributed by atoms with van der Waals surface area (Å²) in [5, 5.41) is 0. The summed E-state index contributed by atoms with van der Waals surface area (Å²) in [6.45, 7) is 3.14. The first-order valence-corrected chi connectivity index (χ1v) is 6.50. The highest BCUT2D eigenvalue weighted by Gasteiger charge is 2.36. The molecule has 2 atom stereocenters. The molecule has 2 N–H and O–H groups in total. The molecule has 1 saturated carbocycles. The van der Waals surface area contributed by atoms with Gasteiger partial charge in [-0.3, -0.25) is 0 Å². The number of ether oxygens (including phenoxy) is 1. The molecule has 0 aromatic heterocycles. The maximum Gasteiger partial charge on any atom is 0.119 e. The van der Waals surface area contributed by atoms with Gasteiger partial charge in [-0.25, -0.2) is 0 Å². The van der Waals surface area contributed by atoms with Crippen molar-refractivity contribution in [1.29, 1.82) is 0 Å². The number of nitrogens with two attached hydrogens (primary N) is 1. The normalized spacial score (nSPS) is 28.3. The van der Waals surface area contributed by atoms with E-state index in [1.54, 1.807) is 7.11 Å². The molecule has 1 aliphatic carbocycles. The van der Waals surface area contributed by atoms with E-state index in [1.165, 1.54) is 24.8 Å². The van der Waals surface area contributed by atoms with Crippen molar-refractivity contribution in [2.45, 2.75) is 32.6 Å². The molecular weight excluding hydrogens is 210 g/mol. The molecular formula is C15H23NO. The first-order chi connectivity index (χ1) is 8.17. The fraction of sp³-hybridized carbons (Fsp3) is 0.600. The Balaban J connectivity index is 2.12. The van der Waals surface area contributed by atoms with Crippen LogP contribution in [0.3, 0.4) is 0 Å². The second-order valence-electron chi connectivity index (χ2n) is 5.58. The van der Waals surface area contributed by atoms with Crippen LogP contribution in [0.15, 0.2) is 24.3 Å². The van der Waals surface area contributed by atoms with Crippen molar-refractivity contribution in [3.63, 3.8) is 0 Å². The topological polar surface area (TPSA) is 35.2 Å². The molecule has 2 heteroatoms. The Morgan fingerprint density at radius 3 is 2.88 bits per heavy atom. The summed E-state index contributed by atoms with van der Waals surface area (Å²) >= 11 is 0. The Morgan fingerprint density at radius 2 is 2.29 bits per heavy atom. The van der Waals surface area contributed by atoms with E-state index in [4.69, 9.17) is 10.5 Å². The second-order valence-corrected chi connectivity index (χ2v) is 5.58. The first-order valence-electron chi connectivity index (χ1n) is 6.50. The fourth-order valence-corrected chi connectivity index (χ4v) is 3.13. The van der Waals surface area contributed by atoms with E-state index in [-0.39, 0.29) is 0 Å². The molecule has 1 aliphatic rings. The summed E-state index contributed by atoms with van der Waals surface area (Å²) < 4.78 is 5.28. The van der Waals surface area contributed by atoms with Gasteiger partial charge in [-0.1, -0.05) is 25.5 Å². The van der Waals surface area contributed by atoms with Crippen molar-refractivity contribution >= 4 is 0 Å². The highest BCUT2D eigenvalue weighted by molar-refractivity contribution is 5.29. The van der Waals surface area contributed by atoms with E-state index >= 15 is 0 Å². The van der Waals surface area contributed by atoms with E-state index in [2.05, 4.69) is 25.1 Å². The molecule has 0 heterocycles. The van der Waals surface area contributed by atoms with Crippen LogP contribution in [0.1, 0.15) is 31.7 Å². The minimum atomic E-state index is 0.325. The summed E-state index contributed by atoms with van der Waals surface area (Å²) in [7, 11) is 1.72. The summed E-state index contributed by atoms with van der Waals surface area (Å²) in [6, 6.07) is 8.38. The SMILES string of the molecule is COc1cccc(CC2(CN)CCC(C)C2)c1. The Morgan fingerprint density at radius 1 is 1.47 bits per heavy atom. The molecule has 2 unspecified atom stereocenters. The summed E-state index contributed by atoms with van der Waals surface area (Å²) in [6.07, 6.45) is 4.94. The fourth-order valence-electron chi connectivity index (χ4n) is 3.13. The summed E-state index contributed by atoms with van der Waals surface area (Å²) in [4.78, 5) is 0. The highest BCUT2D eigenvalue weighted by Crippen LogP contribution is 2.43. The van der Waals surface area contributed by atoms with Gasteiger partial charge < -0.3 is 10.5 Å². The molecule has 0 saturated heterocycles. The van der Waals surface area contributed by atoms with Crippen LogP contribution >= 0.6 is 0 Å². The van der Waals surface area contributed by atoms with Crippen LogP contribution in [0.4, 0.5) is 0 Å². The molecule has 0 amide bonds. The zero-order chi connectivity index (χ0) is 12.3. The lowest BCUT2D eigenvalue weighted by Crippen LogP contribution is -2.30. The van der Waals surface area contributed by atoms with E-state index < -0.39 is 0 Å². The Hall–Kier alpha value is -1.02. The lowest BCUT2D eigenvalue weighted by molar-refractivity contribution is 0.295. The average molecular weight is 233 g/mol. The molecule has 2 nitrogen and oxygen atoms in total. The molecule has 1 fully saturated rings. The number of hydrogen-bond acceptors (Lipinski definition) is 2. The molecule has 0 aliphatic heterocycles. The van der Waals surface area contributed by atoms with Gasteiger partial charge in [-0.2, -0.15) is 0 Å². The summed E-state index contributed by atoms with van der Waals surface area (Å²) in [5.74, 6) is 1.77. The second kappa shape index (κ2) is 5.09. The molecule has 0 spiro atoms. The molecule has 94 valence electrons. The Kier molecular flexibility index (Phi) is 3.72. The third-order valence-corrected chi connectivity index (χ3v) is 4.10. The number of rotatable bonds is 4. The predicted molar refractivity (Wildman–Crippen MR) is 71.2 cm³/mol. The third kappa shape index (κ3) is 2.81. The monoisotopic (exact) mass is 233 g/mol. The van der Waals surface area contributed by atoms with Crippen LogP contribution in [0, 0.1) is 11.3 Å². The maximum absolute atomic E-state index is 6.02. The van der Waals surface area contributed by atoms with Gasteiger partial charge in [0.25, 0.3) is 0 Å². The summed E-state index contributed by atoms with van der Waals surface area (Å²) in [5.41, 5.74) is 7.69. The van der Waals surface area contributed by atoms with E-state index in [0.29, 0.717) is 5.41 Å². The van der Waals surface area contributed by atoms with Crippen LogP contribution < -0.4 is 10.5 Å². The molecule has 0 bridgehead atoms. The molecule has 0 radical (unpaired) electrons. The predicted octanol–water partition coefficient (Wildman–Crippen LogP) is 3.00. The van der Waals surface area contributed by atoms with Gasteiger partial charge in [0.2, 0.25) is 0 Å². The highest BCUT2D eigenvalue weighted by atomic mass is 16.5.